The van der Waals surface area contributed by atoms with E-state index in [2.05, 4.69) is 12.1 Å². The molecule has 0 atom stereocenters. The molecule has 2 aliphatic rings. The van der Waals surface area contributed by atoms with Crippen molar-refractivity contribution in [1.29, 1.82) is 0 Å². The third-order valence-electron chi connectivity index (χ3n) is 5.02. The van der Waals surface area contributed by atoms with Gasteiger partial charge in [0.25, 0.3) is 0 Å². The van der Waals surface area contributed by atoms with Crippen LogP contribution >= 0.6 is 11.6 Å². The topological polar surface area (TPSA) is 43.9 Å². The first-order chi connectivity index (χ1) is 12.6. The van der Waals surface area contributed by atoms with Gasteiger partial charge >= 0.3 is 6.03 Å². The molecule has 2 aliphatic heterocycles. The van der Waals surface area contributed by atoms with Crippen LogP contribution in [0.25, 0.3) is 0 Å². The minimum absolute atomic E-state index is 0.000738. The van der Waals surface area contributed by atoms with Crippen LogP contribution in [0.3, 0.4) is 0 Å². The molecule has 1 fully saturated rings. The number of hydrogen-bond acceptors (Lipinski definition) is 2. The van der Waals surface area contributed by atoms with Gasteiger partial charge in [0, 0.05) is 36.9 Å². The number of rotatable bonds is 3. The van der Waals surface area contributed by atoms with Gasteiger partial charge in [-0.05, 0) is 35.7 Å². The van der Waals surface area contributed by atoms with Crippen molar-refractivity contribution in [2.45, 2.75) is 13.0 Å². The largest absolute Gasteiger partial charge is 0.336 e. The van der Waals surface area contributed by atoms with Crippen LogP contribution in [0.2, 0.25) is 5.02 Å². The summed E-state index contributed by atoms with van der Waals surface area (Å²) < 4.78 is 0. The average Bonchev–Trinajstić information content (AvgIpc) is 3.01. The third kappa shape index (κ3) is 3.27. The number of urea groups is 1. The predicted octanol–water partition coefficient (Wildman–Crippen LogP) is 3.17. The number of halogens is 1. The van der Waals surface area contributed by atoms with Crippen LogP contribution in [0.5, 0.6) is 0 Å². The van der Waals surface area contributed by atoms with Crippen molar-refractivity contribution in [1.82, 2.24) is 9.80 Å². The first-order valence-electron chi connectivity index (χ1n) is 8.78. The number of hydrogen-bond donors (Lipinski definition) is 0. The second-order valence-corrected chi connectivity index (χ2v) is 7.11. The van der Waals surface area contributed by atoms with Crippen molar-refractivity contribution < 1.29 is 9.59 Å². The summed E-state index contributed by atoms with van der Waals surface area (Å²) in [6.45, 7) is 2.56. The maximum atomic E-state index is 12.7. The Bertz CT molecular complexity index is 854. The minimum Gasteiger partial charge on any atom is -0.336 e. The van der Waals surface area contributed by atoms with Crippen LogP contribution in [-0.4, -0.2) is 47.9 Å². The number of fused-ring (bicyclic) bond motifs is 1. The van der Waals surface area contributed by atoms with Gasteiger partial charge in [-0.1, -0.05) is 41.9 Å². The molecule has 2 aromatic rings. The van der Waals surface area contributed by atoms with Gasteiger partial charge in [0.05, 0.1) is 0 Å². The molecule has 26 heavy (non-hydrogen) atoms. The monoisotopic (exact) mass is 369 g/mol. The number of carbonyl (C=O) groups excluding carboxylic acids is 2. The Morgan fingerprint density at radius 1 is 1.00 bits per heavy atom. The normalized spacial score (nSPS) is 16.8. The highest BCUT2D eigenvalue weighted by Gasteiger charge is 2.32. The van der Waals surface area contributed by atoms with Gasteiger partial charge in [0.2, 0.25) is 5.91 Å². The van der Waals surface area contributed by atoms with Gasteiger partial charge in [-0.3, -0.25) is 9.69 Å². The van der Waals surface area contributed by atoms with Crippen LogP contribution < -0.4 is 4.90 Å². The average molecular weight is 370 g/mol. The number of carbonyl (C=O) groups is 2. The summed E-state index contributed by atoms with van der Waals surface area (Å²) in [6, 6.07) is 15.3. The van der Waals surface area contributed by atoms with Crippen molar-refractivity contribution in [3.63, 3.8) is 0 Å². The van der Waals surface area contributed by atoms with E-state index in [1.807, 2.05) is 29.2 Å². The van der Waals surface area contributed by atoms with Gasteiger partial charge in [-0.25, -0.2) is 4.79 Å². The highest BCUT2D eigenvalue weighted by molar-refractivity contribution is 6.30. The Labute approximate surface area is 157 Å². The van der Waals surface area contributed by atoms with Crippen LogP contribution in [0.1, 0.15) is 11.1 Å². The van der Waals surface area contributed by atoms with E-state index in [1.165, 1.54) is 11.1 Å². The lowest BCUT2D eigenvalue weighted by atomic mass is 10.00. The lowest BCUT2D eigenvalue weighted by molar-refractivity contribution is -0.132. The zero-order chi connectivity index (χ0) is 18.1. The molecule has 2 aromatic carbocycles. The Morgan fingerprint density at radius 3 is 2.62 bits per heavy atom. The molecular weight excluding hydrogens is 350 g/mol. The summed E-state index contributed by atoms with van der Waals surface area (Å²) in [5.41, 5.74) is 3.27. The van der Waals surface area contributed by atoms with E-state index in [0.717, 1.165) is 12.1 Å². The molecule has 0 aliphatic carbocycles. The smallest absolute Gasteiger partial charge is 0.325 e. The number of amides is 3. The molecule has 6 heteroatoms. The second kappa shape index (κ2) is 7.00. The minimum atomic E-state index is -0.141. The fourth-order valence-corrected chi connectivity index (χ4v) is 3.77. The van der Waals surface area contributed by atoms with E-state index in [9.17, 15) is 9.59 Å². The van der Waals surface area contributed by atoms with Gasteiger partial charge in [0.15, 0.2) is 0 Å². The van der Waals surface area contributed by atoms with Crippen molar-refractivity contribution in [2.24, 2.45) is 0 Å². The van der Waals surface area contributed by atoms with Crippen LogP contribution in [0.15, 0.2) is 48.5 Å². The van der Waals surface area contributed by atoms with Crippen molar-refractivity contribution in [2.75, 3.05) is 31.1 Å². The third-order valence-corrected chi connectivity index (χ3v) is 5.26. The van der Waals surface area contributed by atoms with Crippen molar-refractivity contribution >= 4 is 29.2 Å². The fourth-order valence-electron chi connectivity index (χ4n) is 3.58. The molecule has 3 amide bonds. The quantitative estimate of drug-likeness (QED) is 0.834. The van der Waals surface area contributed by atoms with E-state index in [0.29, 0.717) is 31.2 Å². The number of nitrogens with zero attached hydrogens (tertiary/aromatic N) is 3. The lowest BCUT2D eigenvalue weighted by Crippen LogP contribution is -2.44. The first-order valence-corrected chi connectivity index (χ1v) is 9.16. The molecule has 0 bridgehead atoms. The maximum absolute atomic E-state index is 12.7. The molecule has 0 radical (unpaired) electrons. The molecule has 5 nitrogen and oxygen atoms in total. The summed E-state index contributed by atoms with van der Waals surface area (Å²) >= 11 is 6.02. The predicted molar refractivity (Wildman–Crippen MR) is 101 cm³/mol. The van der Waals surface area contributed by atoms with E-state index in [1.54, 1.807) is 21.9 Å². The molecule has 0 aromatic heterocycles. The molecule has 1 saturated heterocycles. The Kier molecular flexibility index (Phi) is 4.55. The highest BCUT2D eigenvalue weighted by Crippen LogP contribution is 2.24. The van der Waals surface area contributed by atoms with Gasteiger partial charge in [-0.2, -0.15) is 0 Å². The molecule has 0 unspecified atom stereocenters. The summed E-state index contributed by atoms with van der Waals surface area (Å²) in [4.78, 5) is 30.5. The molecule has 0 saturated carbocycles. The molecule has 2 heterocycles. The number of anilines is 1. The molecule has 134 valence electrons. The van der Waals surface area contributed by atoms with E-state index in [-0.39, 0.29) is 18.5 Å². The molecular formula is C20H20ClN3O2. The van der Waals surface area contributed by atoms with E-state index in [4.69, 9.17) is 11.6 Å². The van der Waals surface area contributed by atoms with E-state index < -0.39 is 0 Å². The Hall–Kier alpha value is -2.53. The number of benzene rings is 2. The van der Waals surface area contributed by atoms with Crippen LogP contribution in [0, 0.1) is 0 Å². The molecule has 4 rings (SSSR count). The van der Waals surface area contributed by atoms with Crippen LogP contribution in [-0.2, 0) is 17.8 Å². The van der Waals surface area contributed by atoms with Gasteiger partial charge in [0.1, 0.15) is 6.54 Å². The van der Waals surface area contributed by atoms with Gasteiger partial charge < -0.3 is 9.80 Å². The summed E-state index contributed by atoms with van der Waals surface area (Å²) in [7, 11) is 0. The highest BCUT2D eigenvalue weighted by atomic mass is 35.5. The lowest BCUT2D eigenvalue weighted by Gasteiger charge is -2.30. The fraction of sp³-hybridized carbons (Fsp3) is 0.300. The first kappa shape index (κ1) is 16.9. The second-order valence-electron chi connectivity index (χ2n) is 6.67. The zero-order valence-corrected chi connectivity index (χ0v) is 15.2. The maximum Gasteiger partial charge on any atom is 0.325 e. The van der Waals surface area contributed by atoms with E-state index >= 15 is 0 Å². The summed E-state index contributed by atoms with van der Waals surface area (Å²) in [5, 5.41) is 0.594. The Morgan fingerprint density at radius 2 is 1.81 bits per heavy atom. The Balaban J connectivity index is 1.40. The van der Waals surface area contributed by atoms with Crippen molar-refractivity contribution in [3.8, 4) is 0 Å². The molecule has 0 N–H and O–H groups in total. The standard InChI is InChI=1S/C20H20ClN3O2/c21-17-6-3-7-18(12-17)24-11-10-23(20(24)26)14-19(25)22-9-8-15-4-1-2-5-16(15)13-22/h1-7,12H,8-11,13-14H2. The summed E-state index contributed by atoms with van der Waals surface area (Å²) in [6.07, 6.45) is 0.866. The van der Waals surface area contributed by atoms with Crippen LogP contribution in [0.4, 0.5) is 10.5 Å². The molecule has 0 spiro atoms. The van der Waals surface area contributed by atoms with Gasteiger partial charge in [-0.15, -0.1) is 0 Å². The summed E-state index contributed by atoms with van der Waals surface area (Å²) in [5.74, 6) is 0.000738. The van der Waals surface area contributed by atoms with Crippen molar-refractivity contribution in [3.05, 3.63) is 64.7 Å². The zero-order valence-electron chi connectivity index (χ0n) is 14.4. The SMILES string of the molecule is O=C(CN1CCN(c2cccc(Cl)c2)C1=O)N1CCc2ccccc2C1.